The summed E-state index contributed by atoms with van der Waals surface area (Å²) in [6, 6.07) is 18.7. The molecule has 0 amide bonds. The molecular formula is C25H30O6. The van der Waals surface area contributed by atoms with E-state index in [1.807, 2.05) is 60.7 Å². The molecule has 1 N–H and O–H groups in total. The van der Waals surface area contributed by atoms with Crippen LogP contribution in [0.4, 0.5) is 0 Å². The van der Waals surface area contributed by atoms with Crippen molar-refractivity contribution in [3.8, 4) is 0 Å². The fourth-order valence-electron chi connectivity index (χ4n) is 3.15. The molecule has 2 atom stereocenters. The normalized spacial score (nSPS) is 13.1. The lowest BCUT2D eigenvalue weighted by Crippen LogP contribution is -2.29. The summed E-state index contributed by atoms with van der Waals surface area (Å²) >= 11 is 0. The number of benzene rings is 2. The molecule has 6 heteroatoms. The minimum Gasteiger partial charge on any atom is -0.481 e. The number of carbonyl (C=O) groups is 3. The summed E-state index contributed by atoms with van der Waals surface area (Å²) in [5, 5.41) is 9.75. The number of carboxylic acids is 1. The van der Waals surface area contributed by atoms with Gasteiger partial charge in [0.25, 0.3) is 0 Å². The highest BCUT2D eigenvalue weighted by atomic mass is 16.7. The third kappa shape index (κ3) is 8.24. The van der Waals surface area contributed by atoms with Crippen LogP contribution in [0.1, 0.15) is 38.3 Å². The van der Waals surface area contributed by atoms with Crippen LogP contribution in [0.5, 0.6) is 0 Å². The first-order chi connectivity index (χ1) is 14.7. The van der Waals surface area contributed by atoms with Crippen LogP contribution in [0.25, 0.3) is 0 Å². The number of carboxylic acid groups (broad SMARTS) is 1. The molecule has 2 aromatic carbocycles. The molecule has 31 heavy (non-hydrogen) atoms. The van der Waals surface area contributed by atoms with Gasteiger partial charge in [0.05, 0.1) is 17.3 Å². The Morgan fingerprint density at radius 2 is 1.29 bits per heavy atom. The Kier molecular flexibility index (Phi) is 8.79. The summed E-state index contributed by atoms with van der Waals surface area (Å²) in [5.41, 5.74) is 1.08. The molecule has 0 aliphatic carbocycles. The summed E-state index contributed by atoms with van der Waals surface area (Å²) < 4.78 is 10.2. The van der Waals surface area contributed by atoms with E-state index in [2.05, 4.69) is 0 Å². The first-order valence-corrected chi connectivity index (χ1v) is 10.3. The van der Waals surface area contributed by atoms with Gasteiger partial charge < -0.3 is 14.6 Å². The minimum atomic E-state index is -0.964. The Bertz CT molecular complexity index is 855. The molecule has 0 aromatic heterocycles. The van der Waals surface area contributed by atoms with E-state index in [0.29, 0.717) is 12.8 Å². The van der Waals surface area contributed by atoms with Gasteiger partial charge in [0.2, 0.25) is 6.79 Å². The van der Waals surface area contributed by atoms with E-state index in [1.165, 1.54) is 0 Å². The van der Waals surface area contributed by atoms with Crippen molar-refractivity contribution in [1.29, 1.82) is 0 Å². The number of hydrogen-bond donors (Lipinski definition) is 1. The van der Waals surface area contributed by atoms with Crippen molar-refractivity contribution in [3.05, 3.63) is 71.8 Å². The predicted octanol–water partition coefficient (Wildman–Crippen LogP) is 4.27. The van der Waals surface area contributed by atoms with Gasteiger partial charge in [0.1, 0.15) is 0 Å². The van der Waals surface area contributed by atoms with Gasteiger partial charge >= 0.3 is 17.9 Å². The zero-order valence-corrected chi connectivity index (χ0v) is 18.2. The summed E-state index contributed by atoms with van der Waals surface area (Å²) in [4.78, 5) is 36.6. The summed E-state index contributed by atoms with van der Waals surface area (Å²) in [5.74, 6) is -3.45. The van der Waals surface area contributed by atoms with E-state index in [0.717, 1.165) is 11.1 Å². The summed E-state index contributed by atoms with van der Waals surface area (Å²) in [6.45, 7) is 4.62. The number of ether oxygens (including phenoxy) is 2. The van der Waals surface area contributed by atoms with E-state index < -0.39 is 42.0 Å². The van der Waals surface area contributed by atoms with Crippen LogP contribution < -0.4 is 0 Å². The maximum atomic E-state index is 12.8. The standard InChI is InChI=1S/C25H30O6/c1-25(2,3)24(29)31-17-30-23(28)21(15-19-12-8-5-9-13-19)16-20(22(26)27)14-18-10-6-4-7-11-18/h4-13,20-21H,14-17H2,1-3H3,(H,26,27). The van der Waals surface area contributed by atoms with Crippen LogP contribution in [0, 0.1) is 17.3 Å². The van der Waals surface area contributed by atoms with Crippen molar-refractivity contribution >= 4 is 17.9 Å². The Balaban J connectivity index is 2.10. The molecule has 0 bridgehead atoms. The largest absolute Gasteiger partial charge is 0.481 e. The van der Waals surface area contributed by atoms with Gasteiger partial charge in [0, 0.05) is 0 Å². The third-order valence-corrected chi connectivity index (χ3v) is 4.91. The number of hydrogen-bond acceptors (Lipinski definition) is 5. The van der Waals surface area contributed by atoms with Crippen molar-refractivity contribution in [2.75, 3.05) is 6.79 Å². The Morgan fingerprint density at radius 3 is 1.74 bits per heavy atom. The highest BCUT2D eigenvalue weighted by Gasteiger charge is 2.30. The Labute approximate surface area is 183 Å². The predicted molar refractivity (Wildman–Crippen MR) is 116 cm³/mol. The van der Waals surface area contributed by atoms with Crippen molar-refractivity contribution in [3.63, 3.8) is 0 Å². The lowest BCUT2D eigenvalue weighted by Gasteiger charge is -2.21. The quantitative estimate of drug-likeness (QED) is 0.451. The number of rotatable bonds is 10. The fraction of sp³-hybridized carbons (Fsp3) is 0.400. The van der Waals surface area contributed by atoms with Crippen LogP contribution in [0.15, 0.2) is 60.7 Å². The smallest absolute Gasteiger partial charge is 0.314 e. The molecule has 166 valence electrons. The number of carbonyl (C=O) groups excluding carboxylic acids is 2. The Hall–Kier alpha value is -3.15. The average molecular weight is 427 g/mol. The molecule has 2 rings (SSSR count). The topological polar surface area (TPSA) is 89.9 Å². The van der Waals surface area contributed by atoms with Crippen molar-refractivity contribution in [1.82, 2.24) is 0 Å². The van der Waals surface area contributed by atoms with Gasteiger partial charge in [-0.1, -0.05) is 60.7 Å². The van der Waals surface area contributed by atoms with Crippen molar-refractivity contribution < 1.29 is 29.0 Å². The maximum Gasteiger partial charge on any atom is 0.314 e. The van der Waals surface area contributed by atoms with Crippen molar-refractivity contribution in [2.24, 2.45) is 17.3 Å². The van der Waals surface area contributed by atoms with E-state index >= 15 is 0 Å². The van der Waals surface area contributed by atoms with Gasteiger partial charge in [-0.15, -0.1) is 0 Å². The second-order valence-electron chi connectivity index (χ2n) is 8.61. The summed E-state index contributed by atoms with van der Waals surface area (Å²) in [7, 11) is 0. The summed E-state index contributed by atoms with van der Waals surface area (Å²) in [6.07, 6.45) is 0.768. The lowest BCUT2D eigenvalue weighted by molar-refractivity contribution is -0.175. The number of esters is 2. The fourth-order valence-corrected chi connectivity index (χ4v) is 3.15. The van der Waals surface area contributed by atoms with Crippen LogP contribution in [0.3, 0.4) is 0 Å². The second-order valence-corrected chi connectivity index (χ2v) is 8.61. The van der Waals surface area contributed by atoms with Gasteiger partial charge in [-0.25, -0.2) is 0 Å². The van der Waals surface area contributed by atoms with Gasteiger partial charge in [-0.3, -0.25) is 14.4 Å². The number of aliphatic carboxylic acids is 1. The minimum absolute atomic E-state index is 0.116. The highest BCUT2D eigenvalue weighted by Crippen LogP contribution is 2.23. The highest BCUT2D eigenvalue weighted by molar-refractivity contribution is 5.77. The van der Waals surface area contributed by atoms with E-state index in [1.54, 1.807) is 20.8 Å². The lowest BCUT2D eigenvalue weighted by atomic mass is 9.86. The van der Waals surface area contributed by atoms with E-state index in [4.69, 9.17) is 9.47 Å². The zero-order chi connectivity index (χ0) is 22.9. The Morgan fingerprint density at radius 1 is 0.806 bits per heavy atom. The molecule has 0 radical (unpaired) electrons. The maximum absolute atomic E-state index is 12.8. The van der Waals surface area contributed by atoms with Crippen LogP contribution in [-0.4, -0.2) is 29.8 Å². The van der Waals surface area contributed by atoms with Crippen LogP contribution in [0.2, 0.25) is 0 Å². The molecule has 6 nitrogen and oxygen atoms in total. The molecule has 2 unspecified atom stereocenters. The SMILES string of the molecule is CC(C)(C)C(=O)OCOC(=O)C(Cc1ccccc1)CC(Cc1ccccc1)C(=O)O. The van der Waals surface area contributed by atoms with E-state index in [-0.39, 0.29) is 6.42 Å². The zero-order valence-electron chi connectivity index (χ0n) is 18.2. The van der Waals surface area contributed by atoms with Crippen LogP contribution in [-0.2, 0) is 36.7 Å². The molecule has 0 fully saturated rings. The van der Waals surface area contributed by atoms with Crippen molar-refractivity contribution in [2.45, 2.75) is 40.0 Å². The second kappa shape index (κ2) is 11.3. The van der Waals surface area contributed by atoms with Gasteiger partial charge in [-0.05, 0) is 51.2 Å². The third-order valence-electron chi connectivity index (χ3n) is 4.91. The van der Waals surface area contributed by atoms with Gasteiger partial charge in [-0.2, -0.15) is 0 Å². The molecule has 0 aliphatic rings. The molecule has 0 saturated carbocycles. The monoisotopic (exact) mass is 426 g/mol. The molecule has 0 aliphatic heterocycles. The molecule has 0 saturated heterocycles. The molecular weight excluding hydrogens is 396 g/mol. The van der Waals surface area contributed by atoms with E-state index in [9.17, 15) is 19.5 Å². The molecule has 0 spiro atoms. The average Bonchev–Trinajstić information content (AvgIpc) is 2.73. The van der Waals surface area contributed by atoms with Gasteiger partial charge in [0.15, 0.2) is 0 Å². The molecule has 2 aromatic rings. The first-order valence-electron chi connectivity index (χ1n) is 10.3. The first kappa shape index (κ1) is 24.1. The molecule has 0 heterocycles. The van der Waals surface area contributed by atoms with Crippen LogP contribution >= 0.6 is 0 Å².